The van der Waals surface area contributed by atoms with E-state index in [1.807, 2.05) is 6.07 Å². The first-order valence-corrected chi connectivity index (χ1v) is 6.67. The van der Waals surface area contributed by atoms with Crippen LogP contribution in [-0.4, -0.2) is 11.1 Å². The highest BCUT2D eigenvalue weighted by atomic mass is 16.4. The van der Waals surface area contributed by atoms with Gasteiger partial charge < -0.3 is 5.11 Å². The summed E-state index contributed by atoms with van der Waals surface area (Å²) in [5.41, 5.74) is 3.96. The van der Waals surface area contributed by atoms with Gasteiger partial charge in [-0.05, 0) is 40.5 Å². The minimum atomic E-state index is -0.823. The van der Waals surface area contributed by atoms with Crippen molar-refractivity contribution in [3.05, 3.63) is 34.4 Å². The maximum absolute atomic E-state index is 11.4. The number of rotatable bonds is 4. The molecule has 18 heavy (non-hydrogen) atoms. The lowest BCUT2D eigenvalue weighted by atomic mass is 9.81. The van der Waals surface area contributed by atoms with E-state index >= 15 is 0 Å². The van der Waals surface area contributed by atoms with Gasteiger partial charge in [-0.25, -0.2) is 4.79 Å². The summed E-state index contributed by atoms with van der Waals surface area (Å²) in [6, 6.07) is 3.74. The van der Waals surface area contributed by atoms with E-state index in [1.54, 1.807) is 6.07 Å². The Bertz CT molecular complexity index is 443. The fraction of sp³-hybridized carbons (Fsp3) is 0.562. The number of carbonyl (C=O) groups is 1. The monoisotopic (exact) mass is 248 g/mol. The molecule has 0 spiro atoms. The highest BCUT2D eigenvalue weighted by molar-refractivity contribution is 5.90. The molecule has 0 aliphatic rings. The maximum Gasteiger partial charge on any atom is 0.335 e. The summed E-state index contributed by atoms with van der Waals surface area (Å²) in [6.07, 6.45) is 0. The Hall–Kier alpha value is -1.31. The lowest BCUT2D eigenvalue weighted by molar-refractivity contribution is 0.0695. The molecule has 2 heteroatoms. The molecule has 100 valence electrons. The van der Waals surface area contributed by atoms with E-state index in [9.17, 15) is 9.90 Å². The third kappa shape index (κ3) is 2.74. The molecule has 0 saturated carbocycles. The Balaban J connectivity index is 3.65. The molecule has 0 saturated heterocycles. The number of carboxylic acids is 1. The molecular weight excluding hydrogens is 224 g/mol. The van der Waals surface area contributed by atoms with Crippen LogP contribution in [0.25, 0.3) is 0 Å². The summed E-state index contributed by atoms with van der Waals surface area (Å²) in [4.78, 5) is 11.4. The second-order valence-corrected chi connectivity index (χ2v) is 5.80. The molecule has 0 heterocycles. The van der Waals surface area contributed by atoms with E-state index in [-0.39, 0.29) is 5.92 Å². The molecule has 0 aliphatic carbocycles. The molecule has 0 radical (unpaired) electrons. The topological polar surface area (TPSA) is 37.3 Å². The van der Waals surface area contributed by atoms with Crippen molar-refractivity contribution in [2.24, 2.45) is 0 Å². The van der Waals surface area contributed by atoms with Crippen molar-refractivity contribution in [1.82, 2.24) is 0 Å². The van der Waals surface area contributed by atoms with Gasteiger partial charge in [-0.1, -0.05) is 47.6 Å². The molecule has 1 aromatic rings. The number of aromatic carboxylic acids is 1. The van der Waals surface area contributed by atoms with Crippen LogP contribution < -0.4 is 0 Å². The van der Waals surface area contributed by atoms with Gasteiger partial charge in [0, 0.05) is 0 Å². The van der Waals surface area contributed by atoms with Crippen molar-refractivity contribution >= 4 is 5.97 Å². The second-order valence-electron chi connectivity index (χ2n) is 5.80. The quantitative estimate of drug-likeness (QED) is 0.834. The van der Waals surface area contributed by atoms with Crippen LogP contribution in [0.2, 0.25) is 0 Å². The molecule has 0 aliphatic heterocycles. The van der Waals surface area contributed by atoms with Crippen molar-refractivity contribution < 1.29 is 9.90 Å². The average Bonchev–Trinajstić information content (AvgIpc) is 2.26. The largest absolute Gasteiger partial charge is 0.478 e. The Morgan fingerprint density at radius 1 is 0.889 bits per heavy atom. The summed E-state index contributed by atoms with van der Waals surface area (Å²) in [7, 11) is 0. The Morgan fingerprint density at radius 2 is 1.39 bits per heavy atom. The van der Waals surface area contributed by atoms with Crippen LogP contribution in [0.4, 0.5) is 0 Å². The molecule has 0 unspecified atom stereocenters. The van der Waals surface area contributed by atoms with Crippen LogP contribution in [0.5, 0.6) is 0 Å². The summed E-state index contributed by atoms with van der Waals surface area (Å²) in [6.45, 7) is 12.7. The van der Waals surface area contributed by atoms with E-state index in [0.717, 1.165) is 5.56 Å². The Morgan fingerprint density at radius 3 is 1.72 bits per heavy atom. The van der Waals surface area contributed by atoms with Crippen molar-refractivity contribution in [3.8, 4) is 0 Å². The molecule has 0 fully saturated rings. The van der Waals surface area contributed by atoms with Gasteiger partial charge in [-0.3, -0.25) is 0 Å². The second kappa shape index (κ2) is 5.55. The van der Waals surface area contributed by atoms with Gasteiger partial charge in [-0.15, -0.1) is 0 Å². The van der Waals surface area contributed by atoms with Gasteiger partial charge in [0.15, 0.2) is 0 Å². The van der Waals surface area contributed by atoms with Crippen molar-refractivity contribution in [2.45, 2.75) is 59.3 Å². The third-order valence-corrected chi connectivity index (χ3v) is 3.33. The maximum atomic E-state index is 11.4. The molecule has 0 atom stereocenters. The zero-order chi connectivity index (χ0) is 14.0. The minimum Gasteiger partial charge on any atom is -0.478 e. The van der Waals surface area contributed by atoms with Crippen molar-refractivity contribution in [1.29, 1.82) is 0 Å². The molecule has 0 aromatic heterocycles. The van der Waals surface area contributed by atoms with Crippen LogP contribution in [0.15, 0.2) is 12.1 Å². The van der Waals surface area contributed by atoms with Crippen molar-refractivity contribution in [3.63, 3.8) is 0 Å². The first-order chi connectivity index (χ1) is 8.27. The molecule has 0 amide bonds. The van der Waals surface area contributed by atoms with Crippen LogP contribution >= 0.6 is 0 Å². The van der Waals surface area contributed by atoms with Gasteiger partial charge in [0.25, 0.3) is 0 Å². The summed E-state index contributed by atoms with van der Waals surface area (Å²) in [5, 5.41) is 9.35. The smallest absolute Gasteiger partial charge is 0.335 e. The summed E-state index contributed by atoms with van der Waals surface area (Å²) >= 11 is 0. The fourth-order valence-corrected chi connectivity index (χ4v) is 2.61. The number of carboxylic acid groups (broad SMARTS) is 1. The van der Waals surface area contributed by atoms with Gasteiger partial charge in [-0.2, -0.15) is 0 Å². The van der Waals surface area contributed by atoms with E-state index in [4.69, 9.17) is 0 Å². The van der Waals surface area contributed by atoms with E-state index in [1.165, 1.54) is 11.1 Å². The number of benzene rings is 1. The predicted molar refractivity (Wildman–Crippen MR) is 75.7 cm³/mol. The standard InChI is InChI=1S/C16H24O2/c1-9(2)12-7-8-13(16(17)18)15(11(5)6)14(12)10(3)4/h7-11H,1-6H3,(H,17,18). The fourth-order valence-electron chi connectivity index (χ4n) is 2.61. The lowest BCUT2D eigenvalue weighted by Crippen LogP contribution is -2.12. The highest BCUT2D eigenvalue weighted by Gasteiger charge is 2.22. The van der Waals surface area contributed by atoms with Crippen LogP contribution in [-0.2, 0) is 0 Å². The van der Waals surface area contributed by atoms with E-state index in [2.05, 4.69) is 41.5 Å². The SMILES string of the molecule is CC(C)c1ccc(C(=O)O)c(C(C)C)c1C(C)C. The predicted octanol–water partition coefficient (Wildman–Crippen LogP) is 4.76. The molecular formula is C16H24O2. The van der Waals surface area contributed by atoms with Gasteiger partial charge in [0.1, 0.15) is 0 Å². The zero-order valence-corrected chi connectivity index (χ0v) is 12.2. The number of hydrogen-bond acceptors (Lipinski definition) is 1. The van der Waals surface area contributed by atoms with Crippen LogP contribution in [0, 0.1) is 0 Å². The first-order valence-electron chi connectivity index (χ1n) is 6.67. The zero-order valence-electron chi connectivity index (χ0n) is 12.2. The van der Waals surface area contributed by atoms with Gasteiger partial charge >= 0.3 is 5.97 Å². The highest BCUT2D eigenvalue weighted by Crippen LogP contribution is 2.35. The van der Waals surface area contributed by atoms with Gasteiger partial charge in [0.2, 0.25) is 0 Å². The van der Waals surface area contributed by atoms with E-state index < -0.39 is 5.97 Å². The first kappa shape index (κ1) is 14.7. The Kier molecular flexibility index (Phi) is 4.55. The molecule has 1 aromatic carbocycles. The van der Waals surface area contributed by atoms with Gasteiger partial charge in [0.05, 0.1) is 5.56 Å². The molecule has 2 nitrogen and oxygen atoms in total. The van der Waals surface area contributed by atoms with Crippen LogP contribution in [0.3, 0.4) is 0 Å². The van der Waals surface area contributed by atoms with Crippen molar-refractivity contribution in [2.75, 3.05) is 0 Å². The summed E-state index contributed by atoms with van der Waals surface area (Å²) in [5.74, 6) is 0.171. The summed E-state index contributed by atoms with van der Waals surface area (Å²) < 4.78 is 0. The third-order valence-electron chi connectivity index (χ3n) is 3.33. The number of hydrogen-bond donors (Lipinski definition) is 1. The average molecular weight is 248 g/mol. The Labute approximate surface area is 110 Å². The normalized spacial score (nSPS) is 11.6. The van der Waals surface area contributed by atoms with E-state index in [0.29, 0.717) is 17.4 Å². The van der Waals surface area contributed by atoms with Crippen LogP contribution in [0.1, 0.15) is 86.3 Å². The molecule has 1 rings (SSSR count). The molecule has 1 N–H and O–H groups in total. The minimum absolute atomic E-state index is 0.229. The molecule has 0 bridgehead atoms. The lowest BCUT2D eigenvalue weighted by Gasteiger charge is -2.24.